The second-order valence-electron chi connectivity index (χ2n) is 5.65. The van der Waals surface area contributed by atoms with Gasteiger partial charge >= 0.3 is 0 Å². The zero-order chi connectivity index (χ0) is 17.1. The number of aryl methyl sites for hydroxylation is 3. The fourth-order valence-corrected chi connectivity index (χ4v) is 4.13. The van der Waals surface area contributed by atoms with E-state index in [4.69, 9.17) is 0 Å². The van der Waals surface area contributed by atoms with E-state index in [-0.39, 0.29) is 5.91 Å². The van der Waals surface area contributed by atoms with E-state index in [9.17, 15) is 4.79 Å². The van der Waals surface area contributed by atoms with Crippen molar-refractivity contribution in [2.45, 2.75) is 30.0 Å². The van der Waals surface area contributed by atoms with E-state index in [1.807, 2.05) is 62.5 Å². The van der Waals surface area contributed by atoms with Gasteiger partial charge in [0.1, 0.15) is 0 Å². The Morgan fingerprint density at radius 3 is 2.46 bits per heavy atom. The molecule has 0 bridgehead atoms. The van der Waals surface area contributed by atoms with Crippen LogP contribution in [0.4, 0.5) is 5.69 Å². The topological polar surface area (TPSA) is 42.0 Å². The normalized spacial score (nSPS) is 10.6. The monoisotopic (exact) mass is 354 g/mol. The van der Waals surface area contributed by atoms with Crippen LogP contribution in [-0.2, 0) is 0 Å². The van der Waals surface area contributed by atoms with Gasteiger partial charge in [-0.15, -0.1) is 11.3 Å². The van der Waals surface area contributed by atoms with E-state index in [0.717, 1.165) is 31.7 Å². The maximum atomic E-state index is 12.3. The Bertz CT molecular complexity index is 869. The van der Waals surface area contributed by atoms with Gasteiger partial charge < -0.3 is 5.32 Å². The number of carbonyl (C=O) groups is 1. The second-order valence-corrected chi connectivity index (χ2v) is 7.83. The predicted molar refractivity (Wildman–Crippen MR) is 101 cm³/mol. The van der Waals surface area contributed by atoms with Gasteiger partial charge in [-0.3, -0.25) is 4.79 Å². The lowest BCUT2D eigenvalue weighted by Crippen LogP contribution is -2.12. The summed E-state index contributed by atoms with van der Waals surface area (Å²) < 4.78 is 1.03. The van der Waals surface area contributed by atoms with E-state index < -0.39 is 0 Å². The number of anilines is 1. The molecule has 1 heterocycles. The van der Waals surface area contributed by atoms with Crippen LogP contribution in [-0.4, -0.2) is 10.9 Å². The van der Waals surface area contributed by atoms with Crippen LogP contribution in [0.2, 0.25) is 0 Å². The Balaban J connectivity index is 1.72. The Morgan fingerprint density at radius 2 is 1.83 bits per heavy atom. The molecular formula is C19H18N2OS2. The Morgan fingerprint density at radius 1 is 1.08 bits per heavy atom. The van der Waals surface area contributed by atoms with Gasteiger partial charge in [-0.2, -0.15) is 0 Å². The molecule has 5 heteroatoms. The molecule has 1 N–H and O–H groups in total. The fraction of sp³-hybridized carbons (Fsp3) is 0.158. The molecule has 24 heavy (non-hydrogen) atoms. The number of nitrogens with one attached hydrogen (secondary N) is 1. The van der Waals surface area contributed by atoms with E-state index >= 15 is 0 Å². The van der Waals surface area contributed by atoms with Gasteiger partial charge in [0.25, 0.3) is 5.91 Å². The smallest absolute Gasteiger partial charge is 0.255 e. The zero-order valence-corrected chi connectivity index (χ0v) is 15.4. The summed E-state index contributed by atoms with van der Waals surface area (Å²) in [6.45, 7) is 6.00. The van der Waals surface area contributed by atoms with Gasteiger partial charge in [-0.25, -0.2) is 4.98 Å². The Hall–Kier alpha value is -2.11. The van der Waals surface area contributed by atoms with Crippen LogP contribution in [0.15, 0.2) is 57.1 Å². The van der Waals surface area contributed by atoms with Crippen molar-refractivity contribution >= 4 is 34.7 Å². The molecule has 2 aromatic carbocycles. The average Bonchev–Trinajstić information content (AvgIpc) is 2.95. The van der Waals surface area contributed by atoms with Crippen LogP contribution in [0.3, 0.4) is 0 Å². The van der Waals surface area contributed by atoms with E-state index in [1.54, 1.807) is 23.1 Å². The van der Waals surface area contributed by atoms with Gasteiger partial charge in [0, 0.05) is 27.2 Å². The summed E-state index contributed by atoms with van der Waals surface area (Å²) in [5.41, 5.74) is 4.72. The zero-order valence-electron chi connectivity index (χ0n) is 13.8. The maximum absolute atomic E-state index is 12.3. The van der Waals surface area contributed by atoms with E-state index in [2.05, 4.69) is 16.4 Å². The first kappa shape index (κ1) is 16.7. The first-order valence-electron chi connectivity index (χ1n) is 7.60. The lowest BCUT2D eigenvalue weighted by molar-refractivity contribution is 0.102. The molecule has 1 aromatic heterocycles. The van der Waals surface area contributed by atoms with Crippen molar-refractivity contribution in [2.24, 2.45) is 0 Å². The standard InChI is InChI=1S/C19H18N2OS2/c1-12-4-6-15(7-5-12)18(22)21-17-9-8-16(10-13(17)2)24-19-20-14(3)11-23-19/h4-11H,1-3H3,(H,21,22). The molecule has 3 aromatic rings. The van der Waals surface area contributed by atoms with Crippen molar-refractivity contribution in [3.8, 4) is 0 Å². The number of hydrogen-bond acceptors (Lipinski definition) is 4. The minimum atomic E-state index is -0.0888. The molecule has 0 saturated carbocycles. The highest BCUT2D eigenvalue weighted by Crippen LogP contribution is 2.32. The molecule has 3 nitrogen and oxygen atoms in total. The highest BCUT2D eigenvalue weighted by Gasteiger charge is 2.09. The summed E-state index contributed by atoms with van der Waals surface area (Å²) in [5.74, 6) is -0.0888. The SMILES string of the molecule is Cc1ccc(C(=O)Nc2ccc(Sc3nc(C)cs3)cc2C)cc1. The fourth-order valence-electron chi connectivity index (χ4n) is 2.22. The van der Waals surface area contributed by atoms with Crippen molar-refractivity contribution < 1.29 is 4.79 Å². The molecular weight excluding hydrogens is 336 g/mol. The maximum Gasteiger partial charge on any atom is 0.255 e. The molecule has 0 aliphatic rings. The van der Waals surface area contributed by atoms with Crippen molar-refractivity contribution in [3.05, 3.63) is 70.2 Å². The van der Waals surface area contributed by atoms with Crippen molar-refractivity contribution in [1.29, 1.82) is 0 Å². The molecule has 1 amide bonds. The number of aromatic nitrogens is 1. The van der Waals surface area contributed by atoms with E-state index in [1.165, 1.54) is 0 Å². The number of thiazole rings is 1. The highest BCUT2D eigenvalue weighted by atomic mass is 32.2. The summed E-state index contributed by atoms with van der Waals surface area (Å²) >= 11 is 3.29. The molecule has 3 rings (SSSR count). The second kappa shape index (κ2) is 7.20. The summed E-state index contributed by atoms with van der Waals surface area (Å²) in [7, 11) is 0. The van der Waals surface area contributed by atoms with Crippen molar-refractivity contribution in [3.63, 3.8) is 0 Å². The number of rotatable bonds is 4. The molecule has 0 unspecified atom stereocenters. The lowest BCUT2D eigenvalue weighted by Gasteiger charge is -2.10. The minimum absolute atomic E-state index is 0.0888. The average molecular weight is 355 g/mol. The number of carbonyl (C=O) groups excluding carboxylic acids is 1. The van der Waals surface area contributed by atoms with E-state index in [0.29, 0.717) is 5.56 Å². The first-order chi connectivity index (χ1) is 11.5. The lowest BCUT2D eigenvalue weighted by atomic mass is 10.1. The Kier molecular flexibility index (Phi) is 5.02. The predicted octanol–water partition coefficient (Wildman–Crippen LogP) is 5.47. The number of benzene rings is 2. The summed E-state index contributed by atoms with van der Waals surface area (Å²) in [6.07, 6.45) is 0. The van der Waals surface area contributed by atoms with Gasteiger partial charge in [-0.1, -0.05) is 29.5 Å². The van der Waals surface area contributed by atoms with Crippen molar-refractivity contribution in [1.82, 2.24) is 4.98 Å². The molecule has 122 valence electrons. The third-order valence-corrected chi connectivity index (χ3v) is 5.61. The summed E-state index contributed by atoms with van der Waals surface area (Å²) in [5, 5.41) is 5.03. The van der Waals surface area contributed by atoms with Crippen LogP contribution >= 0.6 is 23.1 Å². The third kappa shape index (κ3) is 4.04. The van der Waals surface area contributed by atoms with Crippen LogP contribution < -0.4 is 5.32 Å². The Labute approximate surface area is 150 Å². The van der Waals surface area contributed by atoms with Crippen LogP contribution in [0.1, 0.15) is 27.2 Å². The highest BCUT2D eigenvalue weighted by molar-refractivity contribution is 8.01. The number of nitrogens with zero attached hydrogens (tertiary/aromatic N) is 1. The number of hydrogen-bond donors (Lipinski definition) is 1. The van der Waals surface area contributed by atoms with Gasteiger partial charge in [0.15, 0.2) is 4.34 Å². The van der Waals surface area contributed by atoms with Gasteiger partial charge in [-0.05, 0) is 56.7 Å². The largest absolute Gasteiger partial charge is 0.322 e. The summed E-state index contributed by atoms with van der Waals surface area (Å²) in [4.78, 5) is 17.9. The van der Waals surface area contributed by atoms with Crippen LogP contribution in [0.25, 0.3) is 0 Å². The van der Waals surface area contributed by atoms with Gasteiger partial charge in [0.2, 0.25) is 0 Å². The third-order valence-electron chi connectivity index (χ3n) is 3.56. The minimum Gasteiger partial charge on any atom is -0.322 e. The molecule has 0 aliphatic heterocycles. The molecule has 0 radical (unpaired) electrons. The number of amides is 1. The molecule has 0 aliphatic carbocycles. The summed E-state index contributed by atoms with van der Waals surface area (Å²) in [6, 6.07) is 13.6. The molecule has 0 saturated heterocycles. The quantitative estimate of drug-likeness (QED) is 0.675. The molecule has 0 fully saturated rings. The molecule has 0 spiro atoms. The van der Waals surface area contributed by atoms with Gasteiger partial charge in [0.05, 0.1) is 0 Å². The van der Waals surface area contributed by atoms with Crippen molar-refractivity contribution in [2.75, 3.05) is 5.32 Å². The van der Waals surface area contributed by atoms with Crippen LogP contribution in [0, 0.1) is 20.8 Å². The first-order valence-corrected chi connectivity index (χ1v) is 9.29. The van der Waals surface area contributed by atoms with Crippen LogP contribution in [0.5, 0.6) is 0 Å². The molecule has 0 atom stereocenters.